The van der Waals surface area contributed by atoms with E-state index in [0.717, 1.165) is 6.42 Å². The number of rotatable bonds is 3. The van der Waals surface area contributed by atoms with E-state index in [1.54, 1.807) is 0 Å². The molecule has 0 fully saturated rings. The average Bonchev–Trinajstić information content (AvgIpc) is 1.67. The highest BCUT2D eigenvalue weighted by Gasteiger charge is 2.05. The van der Waals surface area contributed by atoms with Crippen molar-refractivity contribution in [3.63, 3.8) is 0 Å². The Morgan fingerprint density at radius 1 is 1.67 bits per heavy atom. The molecule has 0 amide bonds. The van der Waals surface area contributed by atoms with Gasteiger partial charge in [0.1, 0.15) is 6.10 Å². The van der Waals surface area contributed by atoms with Crippen molar-refractivity contribution >= 4 is 18.2 Å². The van der Waals surface area contributed by atoms with Gasteiger partial charge in [-0.15, -0.1) is 12.4 Å². The molecule has 1 atom stereocenters. The van der Waals surface area contributed by atoms with E-state index in [4.69, 9.17) is 5.11 Å². The smallest absolute Gasteiger partial charge is 0.158 e. The third kappa shape index (κ3) is 5.80. The zero-order valence-electron chi connectivity index (χ0n) is 5.76. The largest absolute Gasteiger partial charge is 0.385 e. The van der Waals surface area contributed by atoms with E-state index in [2.05, 4.69) is 0 Å². The highest BCUT2D eigenvalue weighted by atomic mass is 35.5. The first-order valence-corrected chi connectivity index (χ1v) is 2.87. The fourth-order valence-electron chi connectivity index (χ4n) is 0.477. The number of aliphatic hydroxyl groups is 1. The number of carbonyl (C=O) groups excluding carboxylic acids is 1. The molecule has 0 radical (unpaired) electrons. The number of carbonyl (C=O) groups is 1. The lowest BCUT2D eigenvalue weighted by Gasteiger charge is -2.01. The van der Waals surface area contributed by atoms with Gasteiger partial charge in [0.2, 0.25) is 0 Å². The molecule has 0 aromatic carbocycles. The molecule has 0 saturated heterocycles. The molecule has 1 N–H and O–H groups in total. The van der Waals surface area contributed by atoms with Crippen LogP contribution in [0, 0.1) is 0 Å². The molecule has 3 heteroatoms. The second-order valence-electron chi connectivity index (χ2n) is 1.92. The van der Waals surface area contributed by atoms with Crippen LogP contribution in [0.4, 0.5) is 0 Å². The summed E-state index contributed by atoms with van der Waals surface area (Å²) in [5.41, 5.74) is 0. The zero-order chi connectivity index (χ0) is 6.57. The molecule has 0 aromatic rings. The Morgan fingerprint density at radius 2 is 2.11 bits per heavy atom. The Hall–Kier alpha value is -0.0800. The zero-order valence-corrected chi connectivity index (χ0v) is 6.57. The topological polar surface area (TPSA) is 37.3 Å². The van der Waals surface area contributed by atoms with Crippen molar-refractivity contribution in [1.29, 1.82) is 0 Å². The van der Waals surface area contributed by atoms with Crippen LogP contribution in [0.15, 0.2) is 0 Å². The fourth-order valence-corrected chi connectivity index (χ4v) is 0.477. The third-order valence-corrected chi connectivity index (χ3v) is 1.03. The monoisotopic (exact) mass is 152 g/mol. The molecule has 0 aliphatic heterocycles. The van der Waals surface area contributed by atoms with E-state index in [-0.39, 0.29) is 18.2 Å². The van der Waals surface area contributed by atoms with Crippen molar-refractivity contribution in [2.24, 2.45) is 0 Å². The van der Waals surface area contributed by atoms with Gasteiger partial charge in [-0.1, -0.05) is 13.3 Å². The van der Waals surface area contributed by atoms with E-state index in [0.29, 0.717) is 6.42 Å². The van der Waals surface area contributed by atoms with Gasteiger partial charge in [0.15, 0.2) is 5.78 Å². The van der Waals surface area contributed by atoms with E-state index >= 15 is 0 Å². The number of ketones is 1. The molecule has 0 heterocycles. The van der Waals surface area contributed by atoms with Crippen molar-refractivity contribution in [3.05, 3.63) is 0 Å². The van der Waals surface area contributed by atoms with E-state index in [1.165, 1.54) is 6.92 Å². The van der Waals surface area contributed by atoms with Crippen LogP contribution in [0.3, 0.4) is 0 Å². The van der Waals surface area contributed by atoms with Crippen LogP contribution in [0.1, 0.15) is 26.7 Å². The summed E-state index contributed by atoms with van der Waals surface area (Å²) in [7, 11) is 0. The van der Waals surface area contributed by atoms with Gasteiger partial charge in [0.05, 0.1) is 0 Å². The van der Waals surface area contributed by atoms with E-state index < -0.39 is 6.10 Å². The third-order valence-electron chi connectivity index (χ3n) is 1.03. The molecule has 56 valence electrons. The number of hydrogen-bond acceptors (Lipinski definition) is 2. The first-order valence-electron chi connectivity index (χ1n) is 2.87. The normalized spacial score (nSPS) is 11.9. The number of halogens is 1. The Morgan fingerprint density at radius 3 is 2.22 bits per heavy atom. The highest BCUT2D eigenvalue weighted by molar-refractivity contribution is 5.85. The van der Waals surface area contributed by atoms with Crippen molar-refractivity contribution < 1.29 is 9.90 Å². The predicted octanol–water partition coefficient (Wildman–Crippen LogP) is 1.16. The van der Waals surface area contributed by atoms with Crippen LogP contribution in [-0.4, -0.2) is 17.0 Å². The molecule has 0 bridgehead atoms. The Kier molecular flexibility index (Phi) is 7.85. The van der Waals surface area contributed by atoms with Gasteiger partial charge in [-0.25, -0.2) is 0 Å². The lowest BCUT2D eigenvalue weighted by Crippen LogP contribution is -2.15. The van der Waals surface area contributed by atoms with Crippen molar-refractivity contribution in [3.8, 4) is 0 Å². The van der Waals surface area contributed by atoms with Crippen LogP contribution in [0.25, 0.3) is 0 Å². The summed E-state index contributed by atoms with van der Waals surface area (Å²) in [5.74, 6) is -0.133. The van der Waals surface area contributed by atoms with Gasteiger partial charge < -0.3 is 5.11 Å². The minimum absolute atomic E-state index is 0. The molecule has 0 aliphatic carbocycles. The first-order chi connectivity index (χ1) is 3.68. The van der Waals surface area contributed by atoms with Gasteiger partial charge in [-0.3, -0.25) is 4.79 Å². The summed E-state index contributed by atoms with van der Waals surface area (Å²) in [4.78, 5) is 10.3. The Labute approximate surface area is 61.7 Å². The number of aliphatic hydroxyl groups excluding tert-OH is 1. The molecule has 2 nitrogen and oxygen atoms in total. The van der Waals surface area contributed by atoms with E-state index in [1.807, 2.05) is 6.92 Å². The molecule has 0 saturated carbocycles. The van der Waals surface area contributed by atoms with Gasteiger partial charge in [-0.2, -0.15) is 0 Å². The number of Topliss-reactive ketones (excluding diaryl/α,β-unsaturated/α-hetero) is 1. The van der Waals surface area contributed by atoms with Crippen LogP contribution in [0.2, 0.25) is 0 Å². The van der Waals surface area contributed by atoms with Crippen LogP contribution < -0.4 is 0 Å². The summed E-state index contributed by atoms with van der Waals surface area (Å²) in [6.45, 7) is 3.34. The maximum atomic E-state index is 10.3. The molecular weight excluding hydrogens is 140 g/mol. The SMILES string of the molecule is CCCC(O)C(C)=O.Cl. The van der Waals surface area contributed by atoms with Crippen LogP contribution >= 0.6 is 12.4 Å². The molecule has 0 rings (SSSR count). The van der Waals surface area contributed by atoms with Gasteiger partial charge in [0, 0.05) is 0 Å². The predicted molar refractivity (Wildman–Crippen MR) is 38.8 cm³/mol. The van der Waals surface area contributed by atoms with Crippen LogP contribution in [0.5, 0.6) is 0 Å². The standard InChI is InChI=1S/C6H12O2.ClH/c1-3-4-6(8)5(2)7;/h6,8H,3-4H2,1-2H3;1H. The van der Waals surface area contributed by atoms with Crippen molar-refractivity contribution in [2.75, 3.05) is 0 Å². The molecule has 0 spiro atoms. The summed E-state index contributed by atoms with van der Waals surface area (Å²) >= 11 is 0. The molecule has 0 aromatic heterocycles. The van der Waals surface area contributed by atoms with Gasteiger partial charge in [0.25, 0.3) is 0 Å². The molecule has 1 unspecified atom stereocenters. The maximum absolute atomic E-state index is 10.3. The van der Waals surface area contributed by atoms with Crippen LogP contribution in [-0.2, 0) is 4.79 Å². The quantitative estimate of drug-likeness (QED) is 0.659. The lowest BCUT2D eigenvalue weighted by molar-refractivity contribution is -0.125. The summed E-state index contributed by atoms with van der Waals surface area (Å²) in [6.07, 6.45) is 0.732. The molecular formula is C6H13ClO2. The Bertz CT molecular complexity index is 83.1. The minimum atomic E-state index is -0.722. The summed E-state index contributed by atoms with van der Waals surface area (Å²) in [6, 6.07) is 0. The van der Waals surface area contributed by atoms with E-state index in [9.17, 15) is 4.79 Å². The highest BCUT2D eigenvalue weighted by Crippen LogP contribution is 1.95. The van der Waals surface area contributed by atoms with Gasteiger partial charge in [-0.05, 0) is 13.3 Å². The maximum Gasteiger partial charge on any atom is 0.158 e. The molecule has 0 aliphatic rings. The number of hydrogen-bond donors (Lipinski definition) is 1. The second kappa shape index (κ2) is 6.05. The second-order valence-corrected chi connectivity index (χ2v) is 1.92. The van der Waals surface area contributed by atoms with Gasteiger partial charge >= 0.3 is 0 Å². The fraction of sp³-hybridized carbons (Fsp3) is 0.833. The van der Waals surface area contributed by atoms with Crippen molar-refractivity contribution in [2.45, 2.75) is 32.8 Å². The van der Waals surface area contributed by atoms with Crippen molar-refractivity contribution in [1.82, 2.24) is 0 Å². The Balaban J connectivity index is 0. The molecule has 9 heavy (non-hydrogen) atoms. The lowest BCUT2D eigenvalue weighted by atomic mass is 10.1. The summed E-state index contributed by atoms with van der Waals surface area (Å²) < 4.78 is 0. The first kappa shape index (κ1) is 11.7. The average molecular weight is 153 g/mol. The summed E-state index contributed by atoms with van der Waals surface area (Å²) in [5, 5.41) is 8.78. The minimum Gasteiger partial charge on any atom is -0.385 e.